The molecule has 0 aromatic carbocycles. The summed E-state index contributed by atoms with van der Waals surface area (Å²) in [6.07, 6.45) is 6.58. The van der Waals surface area contributed by atoms with Crippen LogP contribution in [-0.4, -0.2) is 33.0 Å². The van der Waals surface area contributed by atoms with E-state index in [2.05, 4.69) is 35.7 Å². The van der Waals surface area contributed by atoms with Crippen LogP contribution in [0.1, 0.15) is 16.1 Å². The summed E-state index contributed by atoms with van der Waals surface area (Å²) in [4.78, 5) is 27.9. The third kappa shape index (κ3) is 2.86. The molecule has 8 heteroatoms. The fourth-order valence-corrected chi connectivity index (χ4v) is 2.79. The fraction of sp³-hybridized carbons (Fsp3) is 0.0556. The van der Waals surface area contributed by atoms with Gasteiger partial charge in [-0.25, -0.2) is 9.78 Å². The van der Waals surface area contributed by atoms with E-state index in [4.69, 9.17) is 11.6 Å². The number of esters is 1. The molecule has 0 amide bonds. The third-order valence-corrected chi connectivity index (χ3v) is 4.08. The lowest BCUT2D eigenvalue weighted by molar-refractivity contribution is 0.0600. The predicted molar refractivity (Wildman–Crippen MR) is 97.6 cm³/mol. The van der Waals surface area contributed by atoms with Crippen LogP contribution in [-0.2, 0) is 4.74 Å². The first-order valence-corrected chi connectivity index (χ1v) is 8.01. The topological polar surface area (TPSA) is 92.8 Å². The number of imidazole rings is 1. The van der Waals surface area contributed by atoms with Gasteiger partial charge in [-0.2, -0.15) is 0 Å². The molecule has 0 saturated heterocycles. The molecule has 1 aliphatic heterocycles. The second-order valence-electron chi connectivity index (χ2n) is 5.43. The molecule has 0 fully saturated rings. The molecule has 26 heavy (non-hydrogen) atoms. The fourth-order valence-electron chi connectivity index (χ4n) is 2.51. The maximum Gasteiger partial charge on any atom is 0.339 e. The third-order valence-electron chi connectivity index (χ3n) is 3.79. The Balaban J connectivity index is 1.63. The first-order valence-electron chi connectivity index (χ1n) is 7.64. The highest BCUT2D eigenvalue weighted by molar-refractivity contribution is 6.33. The number of halogens is 1. The van der Waals surface area contributed by atoms with E-state index in [-0.39, 0.29) is 0 Å². The van der Waals surface area contributed by atoms with E-state index < -0.39 is 5.97 Å². The van der Waals surface area contributed by atoms with Gasteiger partial charge in [0.25, 0.3) is 0 Å². The van der Waals surface area contributed by atoms with E-state index in [1.165, 1.54) is 19.4 Å². The Morgan fingerprint density at radius 3 is 2.85 bits per heavy atom. The Kier molecular flexibility index (Phi) is 4.01. The number of pyridine rings is 2. The number of H-pyrrole nitrogens is 1. The minimum absolute atomic E-state index is 0.293. The molecule has 0 radical (unpaired) electrons. The van der Waals surface area contributed by atoms with Gasteiger partial charge in [0.05, 0.1) is 29.1 Å². The molecule has 128 valence electrons. The normalized spacial score (nSPS) is 11.8. The smallest absolute Gasteiger partial charge is 0.339 e. The van der Waals surface area contributed by atoms with Crippen molar-refractivity contribution in [2.45, 2.75) is 0 Å². The number of ether oxygens (including phenoxy) is 1. The Morgan fingerprint density at radius 2 is 2.15 bits per heavy atom. The van der Waals surface area contributed by atoms with Crippen molar-refractivity contribution < 1.29 is 9.53 Å². The summed E-state index contributed by atoms with van der Waals surface area (Å²) in [6.45, 7) is 0. The van der Waals surface area contributed by atoms with Gasteiger partial charge in [0.1, 0.15) is 5.69 Å². The summed E-state index contributed by atoms with van der Waals surface area (Å²) in [7, 11) is 1.31. The van der Waals surface area contributed by atoms with Crippen molar-refractivity contribution in [2.75, 3.05) is 12.4 Å². The molecule has 4 rings (SSSR count). The van der Waals surface area contributed by atoms with Crippen LogP contribution in [0.5, 0.6) is 0 Å². The lowest BCUT2D eigenvalue weighted by Crippen LogP contribution is -2.02. The largest absolute Gasteiger partial charge is 0.465 e. The predicted octanol–water partition coefficient (Wildman–Crippen LogP) is 3.53. The Bertz CT molecular complexity index is 1070. The minimum atomic E-state index is -0.488. The van der Waals surface area contributed by atoms with E-state index in [9.17, 15) is 4.79 Å². The Hall–Kier alpha value is -3.41. The number of nitrogens with one attached hydrogen (secondary N) is 2. The first-order chi connectivity index (χ1) is 12.7. The zero-order valence-electron chi connectivity index (χ0n) is 13.6. The number of aromatic nitrogens is 4. The molecular weight excluding hydrogens is 354 g/mol. The molecule has 0 aliphatic carbocycles. The molecule has 4 heterocycles. The average molecular weight is 366 g/mol. The van der Waals surface area contributed by atoms with Gasteiger partial charge in [-0.3, -0.25) is 9.97 Å². The lowest BCUT2D eigenvalue weighted by atomic mass is 10.1. The van der Waals surface area contributed by atoms with Gasteiger partial charge in [0.15, 0.2) is 11.6 Å². The number of methoxy groups -OCH3 is 1. The van der Waals surface area contributed by atoms with Crippen LogP contribution in [0.15, 0.2) is 42.5 Å². The molecular formula is C18H12ClN5O2. The van der Waals surface area contributed by atoms with Crippen molar-refractivity contribution in [1.82, 2.24) is 19.9 Å². The number of carbonyl (C=O) groups excluding carboxylic acids is 1. The van der Waals surface area contributed by atoms with Gasteiger partial charge in [-0.05, 0) is 18.2 Å². The van der Waals surface area contributed by atoms with Crippen molar-refractivity contribution in [2.24, 2.45) is 0 Å². The first kappa shape index (κ1) is 16.1. The van der Waals surface area contributed by atoms with Crippen LogP contribution in [0.2, 0.25) is 5.02 Å². The average Bonchev–Trinajstić information content (AvgIpc) is 3.11. The van der Waals surface area contributed by atoms with Gasteiger partial charge in [-0.15, -0.1) is 5.73 Å². The van der Waals surface area contributed by atoms with Crippen LogP contribution >= 0.6 is 11.6 Å². The van der Waals surface area contributed by atoms with Crippen LogP contribution in [0, 0.1) is 0 Å². The quantitative estimate of drug-likeness (QED) is 0.545. The summed E-state index contributed by atoms with van der Waals surface area (Å²) in [5, 5.41) is 3.36. The molecule has 0 spiro atoms. The molecule has 0 saturated carbocycles. The number of hydrogen-bond donors (Lipinski definition) is 2. The molecule has 0 bridgehead atoms. The Morgan fingerprint density at radius 1 is 1.27 bits per heavy atom. The summed E-state index contributed by atoms with van der Waals surface area (Å²) >= 11 is 6.25. The van der Waals surface area contributed by atoms with Crippen molar-refractivity contribution in [1.29, 1.82) is 0 Å². The number of hydrogen-bond acceptors (Lipinski definition) is 6. The molecule has 3 aromatic rings. The summed E-state index contributed by atoms with van der Waals surface area (Å²) in [6, 6.07) is 5.19. The zero-order chi connectivity index (χ0) is 18.1. The summed E-state index contributed by atoms with van der Waals surface area (Å²) < 4.78 is 4.66. The number of carbonyl (C=O) groups is 1. The van der Waals surface area contributed by atoms with E-state index >= 15 is 0 Å². The zero-order valence-corrected chi connectivity index (χ0v) is 14.3. The SMILES string of the molecule is COC(=O)c1cnc(-c2ccc(-c3nc4c([nH]3)C=C=CN4)nc2)c(Cl)c1. The standard InChI is InChI=1S/C18H12ClN5O2/c1-26-18(25)11-7-12(19)15(22-9-11)10-4-5-13(21-8-10)17-23-14-3-2-6-20-16(14)24-17/h3-9,20H,1H3,(H,23,24). The maximum absolute atomic E-state index is 11.5. The number of nitrogens with zero attached hydrogens (tertiary/aromatic N) is 3. The molecule has 3 aromatic heterocycles. The van der Waals surface area contributed by atoms with E-state index in [0.29, 0.717) is 27.8 Å². The number of rotatable bonds is 3. The Labute approximate surface area is 153 Å². The van der Waals surface area contributed by atoms with Crippen molar-refractivity contribution in [3.63, 3.8) is 0 Å². The molecule has 0 unspecified atom stereocenters. The number of fused-ring (bicyclic) bond motifs is 1. The maximum atomic E-state index is 11.5. The highest BCUT2D eigenvalue weighted by Gasteiger charge is 2.14. The van der Waals surface area contributed by atoms with Crippen LogP contribution in [0.3, 0.4) is 0 Å². The van der Waals surface area contributed by atoms with Crippen molar-refractivity contribution >= 4 is 29.5 Å². The molecule has 1 aliphatic rings. The lowest BCUT2D eigenvalue weighted by Gasteiger charge is -2.06. The number of aromatic amines is 1. The second kappa shape index (κ2) is 6.48. The van der Waals surface area contributed by atoms with Gasteiger partial charge < -0.3 is 15.0 Å². The molecule has 0 atom stereocenters. The van der Waals surface area contributed by atoms with Gasteiger partial charge in [0, 0.05) is 30.2 Å². The monoisotopic (exact) mass is 365 g/mol. The highest BCUT2D eigenvalue weighted by Crippen LogP contribution is 2.28. The van der Waals surface area contributed by atoms with Gasteiger partial charge >= 0.3 is 5.97 Å². The van der Waals surface area contributed by atoms with Crippen LogP contribution in [0.4, 0.5) is 5.82 Å². The van der Waals surface area contributed by atoms with Crippen molar-refractivity contribution in [3.8, 4) is 22.8 Å². The van der Waals surface area contributed by atoms with Gasteiger partial charge in [0.2, 0.25) is 0 Å². The van der Waals surface area contributed by atoms with E-state index in [1.54, 1.807) is 12.4 Å². The molecule has 2 N–H and O–H groups in total. The number of anilines is 1. The van der Waals surface area contributed by atoms with Gasteiger partial charge in [-0.1, -0.05) is 11.6 Å². The summed E-state index contributed by atoms with van der Waals surface area (Å²) in [5.74, 6) is 0.883. The summed E-state index contributed by atoms with van der Waals surface area (Å²) in [5.41, 5.74) is 6.03. The van der Waals surface area contributed by atoms with Crippen LogP contribution in [0.25, 0.3) is 28.9 Å². The minimum Gasteiger partial charge on any atom is -0.465 e. The van der Waals surface area contributed by atoms with Crippen molar-refractivity contribution in [3.05, 3.63) is 58.8 Å². The second-order valence-corrected chi connectivity index (χ2v) is 5.83. The molecule has 7 nitrogen and oxygen atoms in total. The van der Waals surface area contributed by atoms with E-state index in [0.717, 1.165) is 17.1 Å². The highest BCUT2D eigenvalue weighted by atomic mass is 35.5. The van der Waals surface area contributed by atoms with E-state index in [1.807, 2.05) is 18.2 Å². The van der Waals surface area contributed by atoms with Crippen LogP contribution < -0.4 is 5.32 Å².